The van der Waals surface area contributed by atoms with Crippen molar-refractivity contribution >= 4 is 16.8 Å². The number of carbonyl (C=O) groups excluding carboxylic acids is 1. The van der Waals surface area contributed by atoms with Crippen LogP contribution in [0.5, 0.6) is 0 Å². The van der Waals surface area contributed by atoms with Crippen molar-refractivity contribution < 1.29 is 9.90 Å². The number of amides is 1. The first-order chi connectivity index (χ1) is 11.9. The lowest BCUT2D eigenvalue weighted by Crippen LogP contribution is -2.43. The van der Waals surface area contributed by atoms with Gasteiger partial charge in [-0.15, -0.1) is 0 Å². The van der Waals surface area contributed by atoms with Gasteiger partial charge in [0.05, 0.1) is 17.3 Å². The molecular weight excluding hydrogens is 314 g/mol. The molecule has 0 atom stereocenters. The van der Waals surface area contributed by atoms with Crippen LogP contribution in [0.15, 0.2) is 60.8 Å². The summed E-state index contributed by atoms with van der Waals surface area (Å²) in [5, 5.41) is 15.5. The Morgan fingerprint density at radius 1 is 1.12 bits per heavy atom. The average Bonchev–Trinajstić information content (AvgIpc) is 2.97. The van der Waals surface area contributed by atoms with Crippen LogP contribution in [0.2, 0.25) is 0 Å². The first kappa shape index (κ1) is 17.2. The summed E-state index contributed by atoms with van der Waals surface area (Å²) in [5.74, 6) is -0.0696. The van der Waals surface area contributed by atoms with E-state index in [0.29, 0.717) is 6.54 Å². The zero-order valence-electron chi connectivity index (χ0n) is 14.6. The van der Waals surface area contributed by atoms with Crippen LogP contribution in [-0.2, 0) is 17.9 Å². The molecule has 0 aliphatic heterocycles. The highest BCUT2D eigenvalue weighted by Gasteiger charge is 2.23. The number of rotatable bonds is 6. The molecule has 130 valence electrons. The summed E-state index contributed by atoms with van der Waals surface area (Å²) in [5.41, 5.74) is 1.00. The smallest absolute Gasteiger partial charge is 0.244 e. The fraction of sp³-hybridized carbons (Fsp3) is 0.300. The molecule has 1 N–H and O–H groups in total. The van der Waals surface area contributed by atoms with Crippen LogP contribution in [0.4, 0.5) is 0 Å². The van der Waals surface area contributed by atoms with Gasteiger partial charge in [0.2, 0.25) is 5.91 Å². The van der Waals surface area contributed by atoms with Gasteiger partial charge >= 0.3 is 0 Å². The zero-order chi connectivity index (χ0) is 17.9. The van der Waals surface area contributed by atoms with Gasteiger partial charge in [-0.1, -0.05) is 48.5 Å². The van der Waals surface area contributed by atoms with Crippen LogP contribution in [0.3, 0.4) is 0 Å². The molecule has 1 aromatic heterocycles. The largest absolute Gasteiger partial charge is 0.389 e. The van der Waals surface area contributed by atoms with Gasteiger partial charge in [0.25, 0.3) is 0 Å². The van der Waals surface area contributed by atoms with Gasteiger partial charge in [0.1, 0.15) is 6.54 Å². The number of aromatic nitrogens is 2. The third-order valence-corrected chi connectivity index (χ3v) is 3.98. The van der Waals surface area contributed by atoms with Crippen molar-refractivity contribution in [1.29, 1.82) is 0 Å². The number of fused-ring (bicyclic) bond motifs is 1. The summed E-state index contributed by atoms with van der Waals surface area (Å²) >= 11 is 0. The van der Waals surface area contributed by atoms with E-state index in [1.165, 1.54) is 0 Å². The van der Waals surface area contributed by atoms with E-state index >= 15 is 0 Å². The van der Waals surface area contributed by atoms with E-state index in [-0.39, 0.29) is 19.0 Å². The first-order valence-corrected chi connectivity index (χ1v) is 8.37. The molecule has 5 heteroatoms. The lowest BCUT2D eigenvalue weighted by atomic mass is 10.1. The SMILES string of the molecule is CC(C)(O)CN(Cc1ccccc1)C(=O)Cn1ncc2ccccc21. The lowest BCUT2D eigenvalue weighted by Gasteiger charge is -2.29. The molecular formula is C20H23N3O2. The molecule has 0 fully saturated rings. The Labute approximate surface area is 147 Å². The minimum atomic E-state index is -0.962. The highest BCUT2D eigenvalue weighted by Crippen LogP contribution is 2.15. The molecule has 0 unspecified atom stereocenters. The summed E-state index contributed by atoms with van der Waals surface area (Å²) in [6.07, 6.45) is 1.76. The van der Waals surface area contributed by atoms with Crippen molar-refractivity contribution in [3.8, 4) is 0 Å². The molecule has 3 aromatic rings. The fourth-order valence-electron chi connectivity index (χ4n) is 2.88. The Kier molecular flexibility index (Phi) is 4.86. The van der Waals surface area contributed by atoms with Crippen LogP contribution in [0.1, 0.15) is 19.4 Å². The van der Waals surface area contributed by atoms with Crippen molar-refractivity contribution in [3.05, 3.63) is 66.4 Å². The molecule has 3 rings (SSSR count). The summed E-state index contributed by atoms with van der Waals surface area (Å²) in [4.78, 5) is 14.6. The van der Waals surface area contributed by atoms with Crippen molar-refractivity contribution in [2.24, 2.45) is 0 Å². The number of nitrogens with zero attached hydrogens (tertiary/aromatic N) is 3. The molecule has 1 amide bonds. The number of hydrogen-bond acceptors (Lipinski definition) is 3. The van der Waals surface area contributed by atoms with Gasteiger partial charge < -0.3 is 10.0 Å². The highest BCUT2D eigenvalue weighted by molar-refractivity contribution is 5.82. The van der Waals surface area contributed by atoms with Crippen molar-refractivity contribution in [2.75, 3.05) is 6.54 Å². The van der Waals surface area contributed by atoms with Crippen molar-refractivity contribution in [2.45, 2.75) is 32.5 Å². The highest BCUT2D eigenvalue weighted by atomic mass is 16.3. The minimum Gasteiger partial charge on any atom is -0.389 e. The maximum atomic E-state index is 12.9. The van der Waals surface area contributed by atoms with E-state index in [1.807, 2.05) is 54.6 Å². The average molecular weight is 337 g/mol. The molecule has 25 heavy (non-hydrogen) atoms. The normalized spacial score (nSPS) is 11.6. The molecule has 0 radical (unpaired) electrons. The quantitative estimate of drug-likeness (QED) is 0.752. The van der Waals surface area contributed by atoms with E-state index in [4.69, 9.17) is 0 Å². The first-order valence-electron chi connectivity index (χ1n) is 8.37. The Balaban J connectivity index is 1.80. The Hall–Kier alpha value is -2.66. The second-order valence-electron chi connectivity index (χ2n) is 6.91. The molecule has 1 heterocycles. The van der Waals surface area contributed by atoms with Gasteiger partial charge in [-0.25, -0.2) is 0 Å². The molecule has 0 aliphatic carbocycles. The maximum absolute atomic E-state index is 12.9. The molecule has 0 spiro atoms. The standard InChI is InChI=1S/C20H23N3O2/c1-20(2,25)15-22(13-16-8-4-3-5-9-16)19(24)14-23-18-11-7-6-10-17(18)12-21-23/h3-12,25H,13-15H2,1-2H3. The second kappa shape index (κ2) is 7.07. The zero-order valence-corrected chi connectivity index (χ0v) is 14.6. The van der Waals surface area contributed by atoms with Gasteiger partial charge in [0.15, 0.2) is 0 Å². The number of carbonyl (C=O) groups is 1. The van der Waals surface area contributed by atoms with E-state index in [2.05, 4.69) is 5.10 Å². The monoisotopic (exact) mass is 337 g/mol. The van der Waals surface area contributed by atoms with Crippen molar-refractivity contribution in [1.82, 2.24) is 14.7 Å². The van der Waals surface area contributed by atoms with Crippen LogP contribution < -0.4 is 0 Å². The van der Waals surface area contributed by atoms with Gasteiger partial charge in [-0.05, 0) is 25.5 Å². The molecule has 0 saturated heterocycles. The minimum absolute atomic E-state index is 0.0696. The number of benzene rings is 2. The number of hydrogen-bond donors (Lipinski definition) is 1. The van der Waals surface area contributed by atoms with Crippen LogP contribution in [0.25, 0.3) is 10.9 Å². The predicted octanol–water partition coefficient (Wildman–Crippen LogP) is 2.84. The number of para-hydroxylation sites is 1. The number of aliphatic hydroxyl groups is 1. The van der Waals surface area contributed by atoms with Gasteiger partial charge in [-0.2, -0.15) is 5.10 Å². The molecule has 2 aromatic carbocycles. The molecule has 0 bridgehead atoms. The molecule has 0 aliphatic rings. The second-order valence-corrected chi connectivity index (χ2v) is 6.91. The third kappa shape index (κ3) is 4.45. The van der Waals surface area contributed by atoms with E-state index in [9.17, 15) is 9.90 Å². The fourth-order valence-corrected chi connectivity index (χ4v) is 2.88. The summed E-state index contributed by atoms with van der Waals surface area (Å²) in [6.45, 7) is 4.29. The summed E-state index contributed by atoms with van der Waals surface area (Å²) < 4.78 is 1.71. The van der Waals surface area contributed by atoms with Crippen LogP contribution in [-0.4, -0.2) is 37.8 Å². The van der Waals surface area contributed by atoms with E-state index < -0.39 is 5.60 Å². The summed E-state index contributed by atoms with van der Waals surface area (Å²) in [6, 6.07) is 17.6. The van der Waals surface area contributed by atoms with Crippen molar-refractivity contribution in [3.63, 3.8) is 0 Å². The van der Waals surface area contributed by atoms with Crippen LogP contribution >= 0.6 is 0 Å². The Bertz CT molecular complexity index is 850. The predicted molar refractivity (Wildman–Crippen MR) is 97.9 cm³/mol. The lowest BCUT2D eigenvalue weighted by molar-refractivity contribution is -0.135. The van der Waals surface area contributed by atoms with E-state index in [0.717, 1.165) is 16.5 Å². The third-order valence-electron chi connectivity index (χ3n) is 3.98. The van der Waals surface area contributed by atoms with Crippen LogP contribution in [0, 0.1) is 0 Å². The Morgan fingerprint density at radius 3 is 2.52 bits per heavy atom. The van der Waals surface area contributed by atoms with Gasteiger partial charge in [0, 0.05) is 18.5 Å². The molecule has 5 nitrogen and oxygen atoms in total. The topological polar surface area (TPSA) is 58.4 Å². The summed E-state index contributed by atoms with van der Waals surface area (Å²) in [7, 11) is 0. The van der Waals surface area contributed by atoms with E-state index in [1.54, 1.807) is 29.6 Å². The molecule has 0 saturated carbocycles. The Morgan fingerprint density at radius 2 is 1.80 bits per heavy atom. The maximum Gasteiger partial charge on any atom is 0.244 e. The van der Waals surface area contributed by atoms with Gasteiger partial charge in [-0.3, -0.25) is 9.48 Å².